The summed E-state index contributed by atoms with van der Waals surface area (Å²) in [6, 6.07) is 3.33. The van der Waals surface area contributed by atoms with Gasteiger partial charge in [0.1, 0.15) is 15.2 Å². The Morgan fingerprint density at radius 3 is 2.56 bits per heavy atom. The quantitative estimate of drug-likeness (QED) is 0.699. The molecule has 2 nitrogen and oxygen atoms in total. The molecule has 0 aliphatic carbocycles. The van der Waals surface area contributed by atoms with Crippen LogP contribution in [0.5, 0.6) is 0 Å². The molecule has 5 heteroatoms. The van der Waals surface area contributed by atoms with Gasteiger partial charge in [-0.3, -0.25) is 0 Å². The standard InChI is InChI=1S/C4H4ClNOS2/c5-3-1-2-4(8-3)9(6)7/h1-2H,6H2/t9-/m1/s1. The third-order valence-electron chi connectivity index (χ3n) is 0.747. The van der Waals surface area contributed by atoms with Crippen LogP contribution in [0.3, 0.4) is 0 Å². The number of hydrogen-bond acceptors (Lipinski definition) is 2. The fourth-order valence-electron chi connectivity index (χ4n) is 0.406. The zero-order chi connectivity index (χ0) is 6.85. The van der Waals surface area contributed by atoms with E-state index in [9.17, 15) is 4.21 Å². The van der Waals surface area contributed by atoms with Crippen LogP contribution in [-0.4, -0.2) is 4.21 Å². The lowest BCUT2D eigenvalue weighted by molar-refractivity contribution is 0.685. The largest absolute Gasteiger partial charge is 0.247 e. The average molecular weight is 182 g/mol. The van der Waals surface area contributed by atoms with Crippen LogP contribution < -0.4 is 5.14 Å². The molecule has 0 spiro atoms. The highest BCUT2D eigenvalue weighted by molar-refractivity contribution is 7.85. The average Bonchev–Trinajstić information content (AvgIpc) is 2.14. The molecule has 1 aromatic rings. The van der Waals surface area contributed by atoms with Gasteiger partial charge in [-0.2, -0.15) is 0 Å². The summed E-state index contributed by atoms with van der Waals surface area (Å²) < 4.78 is 11.7. The molecule has 0 fully saturated rings. The summed E-state index contributed by atoms with van der Waals surface area (Å²) in [4.78, 5) is 0. The first-order valence-electron chi connectivity index (χ1n) is 2.11. The maximum atomic E-state index is 10.5. The van der Waals surface area contributed by atoms with Crippen molar-refractivity contribution in [3.8, 4) is 0 Å². The summed E-state index contributed by atoms with van der Waals surface area (Å²) in [5, 5.41) is 5.05. The van der Waals surface area contributed by atoms with Crippen molar-refractivity contribution in [1.29, 1.82) is 0 Å². The fourth-order valence-corrected chi connectivity index (χ4v) is 2.12. The Balaban J connectivity index is 2.98. The highest BCUT2D eigenvalue weighted by atomic mass is 35.5. The molecule has 1 atom stereocenters. The molecule has 0 saturated heterocycles. The van der Waals surface area contributed by atoms with Crippen LogP contribution in [0.1, 0.15) is 0 Å². The summed E-state index contributed by atoms with van der Waals surface area (Å²) >= 11 is 6.77. The van der Waals surface area contributed by atoms with Gasteiger partial charge in [0.05, 0.1) is 4.34 Å². The molecule has 0 amide bonds. The predicted molar refractivity (Wildman–Crippen MR) is 39.9 cm³/mol. The molecule has 1 aromatic heterocycles. The van der Waals surface area contributed by atoms with Crippen LogP contribution in [0.15, 0.2) is 16.3 Å². The van der Waals surface area contributed by atoms with Crippen LogP contribution in [0.25, 0.3) is 0 Å². The van der Waals surface area contributed by atoms with E-state index in [2.05, 4.69) is 0 Å². The summed E-state index contributed by atoms with van der Waals surface area (Å²) in [5.41, 5.74) is 0. The number of thiophene rings is 1. The zero-order valence-corrected chi connectivity index (χ0v) is 6.72. The van der Waals surface area contributed by atoms with Crippen molar-refractivity contribution in [3.63, 3.8) is 0 Å². The van der Waals surface area contributed by atoms with Gasteiger partial charge in [-0.1, -0.05) is 11.6 Å². The summed E-state index contributed by atoms with van der Waals surface area (Å²) in [6.07, 6.45) is 0. The van der Waals surface area contributed by atoms with E-state index in [0.717, 1.165) is 0 Å². The molecule has 1 heterocycles. The van der Waals surface area contributed by atoms with Crippen molar-refractivity contribution in [2.45, 2.75) is 4.21 Å². The van der Waals surface area contributed by atoms with E-state index in [1.165, 1.54) is 11.3 Å². The normalized spacial score (nSPS) is 13.6. The lowest BCUT2D eigenvalue weighted by atomic mass is 10.7. The van der Waals surface area contributed by atoms with E-state index < -0.39 is 11.0 Å². The lowest BCUT2D eigenvalue weighted by Crippen LogP contribution is -1.99. The molecule has 0 aliphatic rings. The fraction of sp³-hybridized carbons (Fsp3) is 0. The van der Waals surface area contributed by atoms with Crippen molar-refractivity contribution < 1.29 is 4.21 Å². The van der Waals surface area contributed by atoms with Gasteiger partial charge in [0.2, 0.25) is 0 Å². The van der Waals surface area contributed by atoms with Crippen molar-refractivity contribution >= 4 is 33.9 Å². The summed E-state index contributed by atoms with van der Waals surface area (Å²) in [7, 11) is -1.37. The molecule has 50 valence electrons. The maximum absolute atomic E-state index is 10.5. The number of nitrogens with two attached hydrogens (primary N) is 1. The Hall–Kier alpha value is 0.1000. The van der Waals surface area contributed by atoms with E-state index in [1.54, 1.807) is 12.1 Å². The van der Waals surface area contributed by atoms with Crippen molar-refractivity contribution in [3.05, 3.63) is 16.5 Å². The predicted octanol–water partition coefficient (Wildman–Crippen LogP) is 1.38. The Kier molecular flexibility index (Phi) is 2.23. The molecule has 1 rings (SSSR count). The molecule has 2 N–H and O–H groups in total. The second-order valence-corrected chi connectivity index (χ2v) is 4.36. The van der Waals surface area contributed by atoms with E-state index in [4.69, 9.17) is 16.7 Å². The van der Waals surface area contributed by atoms with Gasteiger partial charge in [0.25, 0.3) is 0 Å². The molecular weight excluding hydrogens is 178 g/mol. The number of rotatable bonds is 1. The van der Waals surface area contributed by atoms with Crippen molar-refractivity contribution in [2.24, 2.45) is 5.14 Å². The van der Waals surface area contributed by atoms with Crippen molar-refractivity contribution in [2.75, 3.05) is 0 Å². The minimum atomic E-state index is -1.37. The Morgan fingerprint density at radius 2 is 2.33 bits per heavy atom. The highest BCUT2D eigenvalue weighted by Crippen LogP contribution is 2.22. The maximum Gasteiger partial charge on any atom is 0.132 e. The molecular formula is C4H4ClNOS2. The molecule has 0 aliphatic heterocycles. The zero-order valence-electron chi connectivity index (χ0n) is 4.33. The molecule has 0 unspecified atom stereocenters. The van der Waals surface area contributed by atoms with E-state index in [1.807, 2.05) is 0 Å². The number of halogens is 1. The van der Waals surface area contributed by atoms with Crippen LogP contribution in [0.4, 0.5) is 0 Å². The van der Waals surface area contributed by atoms with E-state index >= 15 is 0 Å². The summed E-state index contributed by atoms with van der Waals surface area (Å²) in [5.74, 6) is 0. The third-order valence-corrected chi connectivity index (χ3v) is 3.05. The Bertz CT molecular complexity index is 234. The van der Waals surface area contributed by atoms with E-state index in [-0.39, 0.29) is 0 Å². The van der Waals surface area contributed by atoms with Gasteiger partial charge in [-0.05, 0) is 12.1 Å². The highest BCUT2D eigenvalue weighted by Gasteiger charge is 1.99. The van der Waals surface area contributed by atoms with Crippen molar-refractivity contribution in [1.82, 2.24) is 0 Å². The van der Waals surface area contributed by atoms with Crippen LogP contribution in [0, 0.1) is 0 Å². The lowest BCUT2D eigenvalue weighted by Gasteiger charge is -1.82. The molecule has 0 saturated carbocycles. The SMILES string of the molecule is N[S@](=O)c1ccc(Cl)s1. The molecule has 9 heavy (non-hydrogen) atoms. The Morgan fingerprint density at radius 1 is 1.67 bits per heavy atom. The smallest absolute Gasteiger partial charge is 0.132 e. The first kappa shape index (κ1) is 7.21. The molecule has 0 radical (unpaired) electrons. The molecule has 0 aromatic carbocycles. The van der Waals surface area contributed by atoms with Gasteiger partial charge >= 0.3 is 0 Å². The van der Waals surface area contributed by atoms with Gasteiger partial charge in [0, 0.05) is 0 Å². The first-order chi connectivity index (χ1) is 4.20. The molecule has 0 bridgehead atoms. The monoisotopic (exact) mass is 181 g/mol. The Labute approximate surface area is 64.2 Å². The topological polar surface area (TPSA) is 43.1 Å². The van der Waals surface area contributed by atoms with Gasteiger partial charge in [-0.15, -0.1) is 11.3 Å². The van der Waals surface area contributed by atoms with Gasteiger partial charge in [0.15, 0.2) is 0 Å². The second kappa shape index (κ2) is 2.79. The van der Waals surface area contributed by atoms with E-state index in [0.29, 0.717) is 8.55 Å². The van der Waals surface area contributed by atoms with Gasteiger partial charge in [-0.25, -0.2) is 9.35 Å². The summed E-state index contributed by atoms with van der Waals surface area (Å²) in [6.45, 7) is 0. The third kappa shape index (κ3) is 1.76. The second-order valence-electron chi connectivity index (χ2n) is 1.36. The number of hydrogen-bond donors (Lipinski definition) is 1. The van der Waals surface area contributed by atoms with Crippen LogP contribution in [0.2, 0.25) is 4.34 Å². The van der Waals surface area contributed by atoms with Gasteiger partial charge < -0.3 is 0 Å². The minimum absolute atomic E-state index is 0.611. The first-order valence-corrected chi connectivity index (χ1v) is 4.52. The van der Waals surface area contributed by atoms with Crippen LogP contribution in [-0.2, 0) is 11.0 Å². The van der Waals surface area contributed by atoms with Crippen LogP contribution >= 0.6 is 22.9 Å². The minimum Gasteiger partial charge on any atom is -0.247 e.